The average Bonchev–Trinajstić information content (AvgIpc) is 2.60. The Labute approximate surface area is 167 Å². The molecule has 1 amide bonds. The summed E-state index contributed by atoms with van der Waals surface area (Å²) in [6.45, 7) is 4.00. The molecule has 162 valence electrons. The fourth-order valence-electron chi connectivity index (χ4n) is 2.73. The number of alkyl halides is 3. The Bertz CT molecular complexity index is 702. The van der Waals surface area contributed by atoms with Gasteiger partial charge in [0.05, 0.1) is 18.8 Å². The third kappa shape index (κ3) is 6.74. The summed E-state index contributed by atoms with van der Waals surface area (Å²) < 4.78 is 48.0. The van der Waals surface area contributed by atoms with Crippen LogP contribution in [0.2, 0.25) is 0 Å². The zero-order chi connectivity index (χ0) is 22.2. The van der Waals surface area contributed by atoms with Gasteiger partial charge in [0.1, 0.15) is 0 Å². The predicted octanol–water partition coefficient (Wildman–Crippen LogP) is 2.14. The Morgan fingerprint density at radius 3 is 1.86 bits per heavy atom. The van der Waals surface area contributed by atoms with E-state index >= 15 is 0 Å². The van der Waals surface area contributed by atoms with Gasteiger partial charge >= 0.3 is 18.1 Å². The lowest BCUT2D eigenvalue weighted by atomic mass is 9.98. The van der Waals surface area contributed by atoms with Crippen molar-refractivity contribution < 1.29 is 37.0 Å². The van der Waals surface area contributed by atoms with Gasteiger partial charge in [-0.1, -0.05) is 12.1 Å². The van der Waals surface area contributed by atoms with E-state index in [1.807, 2.05) is 0 Å². The molecule has 0 aliphatic carbocycles. The van der Waals surface area contributed by atoms with E-state index in [1.54, 1.807) is 20.9 Å². The Balaban J connectivity index is 3.11. The van der Waals surface area contributed by atoms with E-state index in [0.29, 0.717) is 5.56 Å². The lowest BCUT2D eigenvalue weighted by molar-refractivity contribution is -0.169. The number of rotatable bonds is 9. The summed E-state index contributed by atoms with van der Waals surface area (Å²) in [5, 5.41) is 2.33. The Morgan fingerprint density at radius 2 is 1.48 bits per heavy atom. The summed E-state index contributed by atoms with van der Waals surface area (Å²) in [4.78, 5) is 38.3. The van der Waals surface area contributed by atoms with Crippen LogP contribution in [0, 0.1) is 0 Å². The molecule has 1 aromatic carbocycles. The van der Waals surface area contributed by atoms with Crippen molar-refractivity contribution in [2.75, 3.05) is 26.8 Å². The van der Waals surface area contributed by atoms with Crippen molar-refractivity contribution in [2.24, 2.45) is 0 Å². The highest BCUT2D eigenvalue weighted by Crippen LogP contribution is 2.29. The minimum absolute atomic E-state index is 0.0256. The van der Waals surface area contributed by atoms with Crippen molar-refractivity contribution in [1.82, 2.24) is 10.2 Å². The van der Waals surface area contributed by atoms with E-state index in [9.17, 15) is 27.6 Å². The Morgan fingerprint density at radius 1 is 1.00 bits per heavy atom. The summed E-state index contributed by atoms with van der Waals surface area (Å²) in [6.07, 6.45) is -4.45. The maximum absolute atomic E-state index is 12.7. The van der Waals surface area contributed by atoms with Crippen molar-refractivity contribution >= 4 is 17.8 Å². The molecule has 1 N–H and O–H groups in total. The second-order valence-corrected chi connectivity index (χ2v) is 6.39. The van der Waals surface area contributed by atoms with Crippen molar-refractivity contribution in [1.29, 1.82) is 0 Å². The zero-order valence-electron chi connectivity index (χ0n) is 16.8. The van der Waals surface area contributed by atoms with Gasteiger partial charge in [0, 0.05) is 20.0 Å². The predicted molar refractivity (Wildman–Crippen MR) is 97.6 cm³/mol. The van der Waals surface area contributed by atoms with Crippen molar-refractivity contribution in [3.8, 4) is 0 Å². The first-order valence-corrected chi connectivity index (χ1v) is 8.94. The number of hydrogen-bond donors (Lipinski definition) is 1. The molecule has 0 aliphatic heterocycles. The maximum Gasteiger partial charge on any atom is 0.416 e. The van der Waals surface area contributed by atoms with Crippen LogP contribution in [0.5, 0.6) is 0 Å². The number of nitrogens with one attached hydrogen (secondary N) is 1. The lowest BCUT2D eigenvalue weighted by Gasteiger charge is -2.33. The zero-order valence-corrected chi connectivity index (χ0v) is 16.8. The van der Waals surface area contributed by atoms with E-state index in [2.05, 4.69) is 5.32 Å². The maximum atomic E-state index is 12.7. The second-order valence-electron chi connectivity index (χ2n) is 6.39. The molecule has 0 spiro atoms. The third-order valence-corrected chi connectivity index (χ3v) is 3.88. The molecule has 0 aliphatic rings. The molecule has 0 fully saturated rings. The fourth-order valence-corrected chi connectivity index (χ4v) is 2.73. The molecule has 0 bridgehead atoms. The van der Waals surface area contributed by atoms with Crippen molar-refractivity contribution in [3.05, 3.63) is 35.4 Å². The van der Waals surface area contributed by atoms with Crippen LogP contribution in [0.25, 0.3) is 0 Å². The molecule has 1 aromatic rings. The second kappa shape index (κ2) is 10.2. The number of amides is 1. The van der Waals surface area contributed by atoms with E-state index in [0.717, 1.165) is 19.1 Å². The summed E-state index contributed by atoms with van der Waals surface area (Å²) in [7, 11) is 1.55. The number of carbonyl (C=O) groups is 3. The number of carbonyl (C=O) groups excluding carboxylic acids is 3. The number of nitrogens with zero attached hydrogens (tertiary/aromatic N) is 1. The summed E-state index contributed by atoms with van der Waals surface area (Å²) in [5.41, 5.74) is -2.36. The van der Waals surface area contributed by atoms with Crippen LogP contribution in [0.15, 0.2) is 24.3 Å². The Kier molecular flexibility index (Phi) is 8.62. The molecular weight excluding hydrogens is 393 g/mol. The van der Waals surface area contributed by atoms with Crippen LogP contribution in [-0.2, 0) is 36.6 Å². The monoisotopic (exact) mass is 418 g/mol. The first-order valence-electron chi connectivity index (χ1n) is 8.94. The number of ether oxygens (including phenoxy) is 2. The van der Waals surface area contributed by atoms with Crippen LogP contribution < -0.4 is 5.32 Å². The SMILES string of the molecule is CCOC(=O)C(CN(C)Cc1ccc(C(F)(F)F)cc1)(NC(C)=O)C(=O)OCC. The fraction of sp³-hybridized carbons (Fsp3) is 0.526. The normalized spacial score (nSPS) is 11.9. The molecule has 0 unspecified atom stereocenters. The van der Waals surface area contributed by atoms with Crippen LogP contribution >= 0.6 is 0 Å². The lowest BCUT2D eigenvalue weighted by Crippen LogP contribution is -2.66. The molecule has 7 nitrogen and oxygen atoms in total. The number of halogens is 3. The molecule has 10 heteroatoms. The van der Waals surface area contributed by atoms with Crippen LogP contribution in [0.3, 0.4) is 0 Å². The molecule has 0 saturated heterocycles. The van der Waals surface area contributed by atoms with E-state index < -0.39 is 35.1 Å². The Hall–Kier alpha value is -2.62. The van der Waals surface area contributed by atoms with Gasteiger partial charge in [-0.25, -0.2) is 9.59 Å². The largest absolute Gasteiger partial charge is 0.464 e. The molecule has 0 aromatic heterocycles. The number of esters is 2. The first-order chi connectivity index (χ1) is 13.5. The van der Waals surface area contributed by atoms with Crippen LogP contribution in [0.4, 0.5) is 13.2 Å². The minimum atomic E-state index is -4.45. The molecule has 29 heavy (non-hydrogen) atoms. The molecule has 1 rings (SSSR count). The van der Waals surface area contributed by atoms with Gasteiger partial charge in [-0.2, -0.15) is 13.2 Å². The third-order valence-electron chi connectivity index (χ3n) is 3.88. The van der Waals surface area contributed by atoms with E-state index in [1.165, 1.54) is 17.0 Å². The van der Waals surface area contributed by atoms with Gasteiger partial charge in [0.15, 0.2) is 0 Å². The van der Waals surface area contributed by atoms with Crippen LogP contribution in [0.1, 0.15) is 31.9 Å². The molecule has 0 radical (unpaired) electrons. The highest BCUT2D eigenvalue weighted by molar-refractivity contribution is 6.08. The number of hydrogen-bond acceptors (Lipinski definition) is 6. The van der Waals surface area contributed by atoms with Gasteiger partial charge in [-0.05, 0) is 38.6 Å². The molecule has 0 saturated carbocycles. The number of benzene rings is 1. The summed E-state index contributed by atoms with van der Waals surface area (Å²) in [5.74, 6) is -2.60. The van der Waals surface area contributed by atoms with Gasteiger partial charge in [0.25, 0.3) is 0 Å². The molecular formula is C19H25F3N2O5. The minimum Gasteiger partial charge on any atom is -0.464 e. The van der Waals surface area contributed by atoms with Gasteiger partial charge in [-0.15, -0.1) is 0 Å². The van der Waals surface area contributed by atoms with Gasteiger partial charge in [-0.3, -0.25) is 9.69 Å². The summed E-state index contributed by atoms with van der Waals surface area (Å²) in [6, 6.07) is 4.49. The smallest absolute Gasteiger partial charge is 0.416 e. The van der Waals surface area contributed by atoms with Gasteiger partial charge < -0.3 is 14.8 Å². The van der Waals surface area contributed by atoms with Crippen LogP contribution in [-0.4, -0.2) is 55.1 Å². The van der Waals surface area contributed by atoms with Gasteiger partial charge in [0.2, 0.25) is 11.4 Å². The number of likely N-dealkylation sites (N-methyl/N-ethyl adjacent to an activating group) is 1. The quantitative estimate of drug-likeness (QED) is 0.489. The van der Waals surface area contributed by atoms with E-state index in [4.69, 9.17) is 9.47 Å². The highest BCUT2D eigenvalue weighted by Gasteiger charge is 2.50. The van der Waals surface area contributed by atoms with Crippen molar-refractivity contribution in [3.63, 3.8) is 0 Å². The summed E-state index contributed by atoms with van der Waals surface area (Å²) >= 11 is 0. The molecule has 0 atom stereocenters. The topological polar surface area (TPSA) is 84.9 Å². The first kappa shape index (κ1) is 24.4. The highest BCUT2D eigenvalue weighted by atomic mass is 19.4. The van der Waals surface area contributed by atoms with Crippen molar-refractivity contribution in [2.45, 2.75) is 39.0 Å². The molecule has 0 heterocycles. The standard InChI is InChI=1S/C19H25F3N2O5/c1-5-28-16(26)18(23-13(3)25,17(27)29-6-2)12-24(4)11-14-7-9-15(10-8-14)19(20,21)22/h7-10H,5-6,11-12H2,1-4H3,(H,23,25). The average molecular weight is 418 g/mol. The van der Waals surface area contributed by atoms with E-state index in [-0.39, 0.29) is 26.3 Å².